The first kappa shape index (κ1) is 4.67. The molecule has 0 atom stereocenters. The molecular weight excluding hydrogens is 80.0 g/mol. The molecule has 0 aliphatic carbocycles. The molecule has 0 aromatic heterocycles. The van der Waals surface area contributed by atoms with Crippen LogP contribution in [0.1, 0.15) is 0 Å². The first-order chi connectivity index (χ1) is 2.91. The molecule has 0 heterocycles. The SMILES string of the molecule is N#CNN=C=N. The summed E-state index contributed by atoms with van der Waals surface area (Å²) in [6, 6.07) is 1.61. The van der Waals surface area contributed by atoms with Crippen molar-refractivity contribution in [2.24, 2.45) is 5.10 Å². The molecule has 0 radical (unpaired) electrons. The fourth-order valence-electron chi connectivity index (χ4n) is 0.0530. The average Bonchev–Trinajstić information content (AvgIpc) is 1.61. The maximum Gasteiger partial charge on any atom is 0.199 e. The van der Waals surface area contributed by atoms with Gasteiger partial charge >= 0.3 is 0 Å². The van der Waals surface area contributed by atoms with Gasteiger partial charge in [-0.25, -0.2) is 10.8 Å². The summed E-state index contributed by atoms with van der Waals surface area (Å²) in [5.74, 6) is 0. The third-order valence-corrected chi connectivity index (χ3v) is 0.162. The maximum atomic E-state index is 7.62. The highest BCUT2D eigenvalue weighted by molar-refractivity contribution is 5.35. The highest BCUT2D eigenvalue weighted by atomic mass is 15.3. The molecule has 2 N–H and O–H groups in total. The summed E-state index contributed by atoms with van der Waals surface area (Å²) in [5.41, 5.74) is 1.83. The number of hydrogen-bond donors (Lipinski definition) is 2. The second-order valence-electron chi connectivity index (χ2n) is 0.447. The van der Waals surface area contributed by atoms with Gasteiger partial charge in [-0.3, -0.25) is 0 Å². The molecule has 0 rings (SSSR count). The van der Waals surface area contributed by atoms with Gasteiger partial charge in [0, 0.05) is 0 Å². The lowest BCUT2D eigenvalue weighted by Gasteiger charge is -1.65. The van der Waals surface area contributed by atoms with Crippen molar-refractivity contribution in [1.82, 2.24) is 5.43 Å². The molecule has 0 saturated heterocycles. The number of rotatable bonds is 1. The molecule has 0 fully saturated rings. The fraction of sp³-hybridized carbons (Fsp3) is 0. The van der Waals surface area contributed by atoms with Gasteiger partial charge in [-0.1, -0.05) is 0 Å². The Kier molecular flexibility index (Phi) is 2.86. The molecule has 0 aromatic rings. The van der Waals surface area contributed by atoms with Gasteiger partial charge in [0.15, 0.2) is 6.19 Å². The van der Waals surface area contributed by atoms with Gasteiger partial charge in [-0.05, 0) is 0 Å². The van der Waals surface area contributed by atoms with Crippen LogP contribution in [0, 0.1) is 16.9 Å². The normalized spacial score (nSPS) is 4.50. The molecule has 0 saturated carbocycles. The van der Waals surface area contributed by atoms with E-state index < -0.39 is 0 Å². The largest absolute Gasteiger partial charge is 0.240 e. The predicted octanol–water partition coefficient (Wildman–Crippen LogP) is -0.275. The Bertz CT molecular complexity index is 103. The van der Waals surface area contributed by atoms with Crippen molar-refractivity contribution in [3.8, 4) is 6.19 Å². The first-order valence-electron chi connectivity index (χ1n) is 1.17. The average molecular weight is 82.1 g/mol. The first-order valence-corrected chi connectivity index (χ1v) is 1.17. The topological polar surface area (TPSA) is 72.0 Å². The molecule has 0 aliphatic rings. The molecule has 4 heteroatoms. The highest BCUT2D eigenvalue weighted by Gasteiger charge is 1.53. The van der Waals surface area contributed by atoms with Gasteiger partial charge in [0.05, 0.1) is 0 Å². The van der Waals surface area contributed by atoms with Gasteiger partial charge in [0.2, 0.25) is 0 Å². The minimum atomic E-state index is 1.47. The molecule has 0 aromatic carbocycles. The predicted molar refractivity (Wildman–Crippen MR) is 18.9 cm³/mol. The van der Waals surface area contributed by atoms with Crippen LogP contribution in [0.5, 0.6) is 0 Å². The molecular formula is C2H2N4. The van der Waals surface area contributed by atoms with Crippen molar-refractivity contribution >= 4 is 6.01 Å². The third-order valence-electron chi connectivity index (χ3n) is 0.162. The minimum absolute atomic E-state index is 1.47. The summed E-state index contributed by atoms with van der Waals surface area (Å²) in [7, 11) is 0. The van der Waals surface area contributed by atoms with Crippen molar-refractivity contribution in [2.45, 2.75) is 0 Å². The number of nitriles is 1. The zero-order valence-electron chi connectivity index (χ0n) is 2.89. The van der Waals surface area contributed by atoms with Crippen LogP contribution in [0.2, 0.25) is 0 Å². The second kappa shape index (κ2) is 3.67. The zero-order chi connectivity index (χ0) is 4.83. The minimum Gasteiger partial charge on any atom is -0.240 e. The van der Waals surface area contributed by atoms with Gasteiger partial charge < -0.3 is 0 Å². The van der Waals surface area contributed by atoms with E-state index in [1.807, 2.05) is 5.43 Å². The number of hydrazone groups is 1. The molecule has 0 unspecified atom stereocenters. The summed E-state index contributed by atoms with van der Waals surface area (Å²) in [6.07, 6.45) is 1.47. The number of nitrogens with zero attached hydrogens (tertiary/aromatic N) is 2. The van der Waals surface area contributed by atoms with Crippen LogP contribution in [0.3, 0.4) is 0 Å². The van der Waals surface area contributed by atoms with Gasteiger partial charge in [-0.2, -0.15) is 5.26 Å². The molecule has 0 amide bonds. The Labute approximate surface area is 34.6 Å². The van der Waals surface area contributed by atoms with Gasteiger partial charge in [-0.15, -0.1) is 5.10 Å². The molecule has 4 nitrogen and oxygen atoms in total. The van der Waals surface area contributed by atoms with Crippen LogP contribution in [0.4, 0.5) is 0 Å². The van der Waals surface area contributed by atoms with Crippen LogP contribution in [-0.2, 0) is 0 Å². The summed E-state index contributed by atoms with van der Waals surface area (Å²) in [5, 5.41) is 16.6. The van der Waals surface area contributed by atoms with E-state index in [-0.39, 0.29) is 0 Å². The Morgan fingerprint density at radius 3 is 2.67 bits per heavy atom. The Morgan fingerprint density at radius 1 is 1.83 bits per heavy atom. The van der Waals surface area contributed by atoms with Crippen LogP contribution in [0.25, 0.3) is 0 Å². The quantitative estimate of drug-likeness (QED) is 0.198. The van der Waals surface area contributed by atoms with Crippen molar-refractivity contribution in [1.29, 1.82) is 10.7 Å². The molecule has 6 heavy (non-hydrogen) atoms. The maximum absolute atomic E-state index is 7.62. The number of nitrogens with one attached hydrogen (secondary N) is 2. The van der Waals surface area contributed by atoms with Crippen LogP contribution in [-0.4, -0.2) is 6.01 Å². The zero-order valence-corrected chi connectivity index (χ0v) is 2.89. The summed E-state index contributed by atoms with van der Waals surface area (Å²) >= 11 is 0. The fourth-order valence-corrected chi connectivity index (χ4v) is 0.0530. The van der Waals surface area contributed by atoms with Crippen LogP contribution >= 0.6 is 0 Å². The standard InChI is InChI=1S/C2H2N4/c3-1-5-6-2-4/h3,6H. The van der Waals surface area contributed by atoms with Gasteiger partial charge in [0.25, 0.3) is 0 Å². The smallest absolute Gasteiger partial charge is 0.199 e. The third kappa shape index (κ3) is 2.67. The van der Waals surface area contributed by atoms with E-state index >= 15 is 0 Å². The lowest BCUT2D eigenvalue weighted by atomic mass is 11.4. The Balaban J connectivity index is 3.16. The summed E-state index contributed by atoms with van der Waals surface area (Å²) < 4.78 is 0. The molecule has 0 bridgehead atoms. The lowest BCUT2D eigenvalue weighted by Crippen LogP contribution is -1.88. The van der Waals surface area contributed by atoms with Crippen molar-refractivity contribution in [3.63, 3.8) is 0 Å². The van der Waals surface area contributed by atoms with Crippen molar-refractivity contribution in [2.75, 3.05) is 0 Å². The second-order valence-corrected chi connectivity index (χ2v) is 0.447. The molecule has 0 spiro atoms. The van der Waals surface area contributed by atoms with Crippen molar-refractivity contribution in [3.05, 3.63) is 0 Å². The van der Waals surface area contributed by atoms with E-state index in [0.717, 1.165) is 0 Å². The molecule has 30 valence electrons. The Hall–Kier alpha value is -1.33. The van der Waals surface area contributed by atoms with Crippen molar-refractivity contribution < 1.29 is 0 Å². The van der Waals surface area contributed by atoms with E-state index in [1.54, 1.807) is 6.01 Å². The highest BCUT2D eigenvalue weighted by Crippen LogP contribution is 1.39. The van der Waals surface area contributed by atoms with E-state index in [1.165, 1.54) is 6.19 Å². The van der Waals surface area contributed by atoms with E-state index in [9.17, 15) is 0 Å². The summed E-state index contributed by atoms with van der Waals surface area (Å²) in [6.45, 7) is 0. The Morgan fingerprint density at radius 2 is 2.50 bits per heavy atom. The monoisotopic (exact) mass is 82.0 g/mol. The van der Waals surface area contributed by atoms with Crippen LogP contribution in [0.15, 0.2) is 5.10 Å². The van der Waals surface area contributed by atoms with Gasteiger partial charge in [0.1, 0.15) is 6.01 Å². The number of hydrogen-bond acceptors (Lipinski definition) is 4. The molecule has 0 aliphatic heterocycles. The lowest BCUT2D eigenvalue weighted by molar-refractivity contribution is 0.990. The van der Waals surface area contributed by atoms with Crippen LogP contribution < -0.4 is 5.43 Å². The van der Waals surface area contributed by atoms with E-state index in [0.29, 0.717) is 0 Å². The van der Waals surface area contributed by atoms with E-state index in [4.69, 9.17) is 10.7 Å². The summed E-state index contributed by atoms with van der Waals surface area (Å²) in [4.78, 5) is 0. The van der Waals surface area contributed by atoms with E-state index in [2.05, 4.69) is 5.10 Å².